The molecular weight excluding hydrogens is 418 g/mol. The van der Waals surface area contributed by atoms with E-state index in [0.717, 1.165) is 31.2 Å². The van der Waals surface area contributed by atoms with Gasteiger partial charge < -0.3 is 16.0 Å². The van der Waals surface area contributed by atoms with E-state index < -0.39 is 16.9 Å². The highest BCUT2D eigenvalue weighted by Gasteiger charge is 2.36. The highest BCUT2D eigenvalue weighted by Crippen LogP contribution is 2.43. The maximum Gasteiger partial charge on any atom is 0.237 e. The average molecular weight is 456 g/mol. The maximum absolute atomic E-state index is 13.6. The van der Waals surface area contributed by atoms with Crippen LogP contribution in [0.25, 0.3) is 0 Å². The first-order valence-corrected chi connectivity index (χ1v) is 13.3. The van der Waals surface area contributed by atoms with Crippen LogP contribution in [0, 0.1) is 11.3 Å². The number of hydrogen-bond acceptors (Lipinski definition) is 4. The lowest BCUT2D eigenvalue weighted by molar-refractivity contribution is -0.127. The van der Waals surface area contributed by atoms with Crippen LogP contribution in [0.3, 0.4) is 0 Å². The van der Waals surface area contributed by atoms with Crippen molar-refractivity contribution in [3.05, 3.63) is 52.8 Å². The van der Waals surface area contributed by atoms with Gasteiger partial charge in [0.05, 0.1) is 17.8 Å². The molecule has 0 aromatic heterocycles. The zero-order valence-corrected chi connectivity index (χ0v) is 20.3. The van der Waals surface area contributed by atoms with Crippen LogP contribution in [-0.2, 0) is 9.59 Å². The number of ketones is 1. The number of thiol groups is 1. The zero-order valence-electron chi connectivity index (χ0n) is 19.4. The minimum atomic E-state index is -0.617. The fourth-order valence-corrected chi connectivity index (χ4v) is 6.20. The smallest absolute Gasteiger partial charge is 0.237 e. The van der Waals surface area contributed by atoms with Crippen LogP contribution in [0.15, 0.2) is 52.1 Å². The summed E-state index contributed by atoms with van der Waals surface area (Å²) >= 11 is 0. The van der Waals surface area contributed by atoms with Crippen molar-refractivity contribution < 1.29 is 9.59 Å². The molecule has 5 nitrogen and oxygen atoms in total. The van der Waals surface area contributed by atoms with Gasteiger partial charge in [-0.25, -0.2) is 0 Å². The number of rotatable bonds is 10. The van der Waals surface area contributed by atoms with Gasteiger partial charge in [0.1, 0.15) is 0 Å². The van der Waals surface area contributed by atoms with Crippen molar-refractivity contribution in [1.29, 1.82) is 5.41 Å². The summed E-state index contributed by atoms with van der Waals surface area (Å²) in [5.41, 5.74) is 1.12. The Kier molecular flexibility index (Phi) is 8.88. The Labute approximate surface area is 195 Å². The van der Waals surface area contributed by atoms with Gasteiger partial charge in [-0.3, -0.25) is 9.59 Å². The third kappa shape index (κ3) is 5.78. The summed E-state index contributed by atoms with van der Waals surface area (Å²) < 4.78 is 0. The van der Waals surface area contributed by atoms with E-state index in [4.69, 9.17) is 5.41 Å². The number of benzene rings is 1. The second-order valence-electron chi connectivity index (χ2n) is 8.82. The summed E-state index contributed by atoms with van der Waals surface area (Å²) in [4.78, 5) is 27.5. The number of Topliss-reactive ketones (excluding diaryl/α,β-unsaturated/α-hetero) is 1. The van der Waals surface area contributed by atoms with Crippen LogP contribution in [0.5, 0.6) is 0 Å². The van der Waals surface area contributed by atoms with E-state index in [1.807, 2.05) is 19.1 Å². The molecule has 0 spiro atoms. The van der Waals surface area contributed by atoms with Gasteiger partial charge in [-0.15, -0.1) is 0 Å². The number of nitrogens with one attached hydrogen (secondary N) is 3. The minimum absolute atomic E-state index is 0.102. The van der Waals surface area contributed by atoms with E-state index in [2.05, 4.69) is 45.7 Å². The monoisotopic (exact) mass is 455 g/mol. The number of carbonyl (C=O) groups excluding carboxylic acids is 2. The second kappa shape index (κ2) is 11.6. The molecule has 1 heterocycles. The van der Waals surface area contributed by atoms with Crippen LogP contribution in [-0.4, -0.2) is 36.5 Å². The van der Waals surface area contributed by atoms with Crippen LogP contribution >= 0.6 is 10.9 Å². The predicted molar refractivity (Wildman–Crippen MR) is 135 cm³/mol. The molecule has 0 saturated heterocycles. The van der Waals surface area contributed by atoms with Crippen molar-refractivity contribution in [3.8, 4) is 0 Å². The molecule has 3 rings (SSSR count). The largest absolute Gasteiger partial charge is 0.344 e. The highest BCUT2D eigenvalue weighted by atomic mass is 32.2. The van der Waals surface area contributed by atoms with Gasteiger partial charge in [0, 0.05) is 5.92 Å². The molecule has 2 aliphatic rings. The third-order valence-electron chi connectivity index (χ3n) is 6.73. The lowest BCUT2D eigenvalue weighted by atomic mass is 9.78. The number of likely N-dealkylation sites (N-methyl/N-ethyl adjacent to an activating group) is 1. The first-order valence-electron chi connectivity index (χ1n) is 11.8. The Hall–Kier alpha value is -2.18. The maximum atomic E-state index is 13.6. The molecule has 0 unspecified atom stereocenters. The van der Waals surface area contributed by atoms with E-state index in [1.54, 1.807) is 14.0 Å². The van der Waals surface area contributed by atoms with Crippen molar-refractivity contribution in [2.24, 2.45) is 5.92 Å². The Morgan fingerprint density at radius 1 is 1.16 bits per heavy atom. The first kappa shape index (κ1) is 24.5. The van der Waals surface area contributed by atoms with Crippen LogP contribution < -0.4 is 10.6 Å². The standard InChI is InChI=1S/C26H37N3O2S/c1-4-22(20-13-10-14-21(17-20)32-15-8-9-16-32)23(27)25(30)24(19-11-6-5-7-12-19)29-26(31)18(2)28-3/h8-10,13-19,22,24,27-28,32H,4-7,11-12H2,1-3H3,(H,29,31)/t18-,22+,24-/m0/s1. The Balaban J connectivity index is 1.83. The summed E-state index contributed by atoms with van der Waals surface area (Å²) in [6.45, 7) is 3.81. The molecule has 1 aromatic carbocycles. The lowest BCUT2D eigenvalue weighted by Gasteiger charge is -2.32. The van der Waals surface area contributed by atoms with E-state index >= 15 is 0 Å². The van der Waals surface area contributed by atoms with Crippen molar-refractivity contribution in [1.82, 2.24) is 10.6 Å². The first-order chi connectivity index (χ1) is 15.5. The van der Waals surface area contributed by atoms with Crippen LogP contribution in [0.4, 0.5) is 0 Å². The predicted octanol–water partition coefficient (Wildman–Crippen LogP) is 4.84. The fourth-order valence-electron chi connectivity index (χ4n) is 4.63. The van der Waals surface area contributed by atoms with E-state index in [1.165, 1.54) is 11.3 Å². The van der Waals surface area contributed by atoms with Crippen LogP contribution in [0.2, 0.25) is 0 Å². The topological polar surface area (TPSA) is 82.1 Å². The molecule has 174 valence electrons. The highest BCUT2D eigenvalue weighted by molar-refractivity contribution is 8.22. The van der Waals surface area contributed by atoms with Gasteiger partial charge in [-0.2, -0.15) is 10.9 Å². The van der Waals surface area contributed by atoms with Crippen LogP contribution in [0.1, 0.15) is 63.9 Å². The summed E-state index contributed by atoms with van der Waals surface area (Å²) in [5.74, 6) is -0.567. The van der Waals surface area contributed by atoms with Crippen molar-refractivity contribution >= 4 is 28.3 Å². The molecule has 1 aliphatic carbocycles. The van der Waals surface area contributed by atoms with E-state index in [0.29, 0.717) is 6.42 Å². The molecule has 3 N–H and O–H groups in total. The quantitative estimate of drug-likeness (QED) is 0.301. The summed E-state index contributed by atoms with van der Waals surface area (Å²) in [5, 5.41) is 19.2. The fraction of sp³-hybridized carbons (Fsp3) is 0.500. The minimum Gasteiger partial charge on any atom is -0.344 e. The summed E-state index contributed by atoms with van der Waals surface area (Å²) in [6.07, 6.45) is 9.99. The molecule has 0 radical (unpaired) electrons. The van der Waals surface area contributed by atoms with Gasteiger partial charge >= 0.3 is 0 Å². The molecular formula is C26H37N3O2S. The van der Waals surface area contributed by atoms with E-state index in [-0.39, 0.29) is 35.3 Å². The Morgan fingerprint density at radius 2 is 1.84 bits per heavy atom. The molecule has 32 heavy (non-hydrogen) atoms. The molecule has 1 amide bonds. The Morgan fingerprint density at radius 3 is 2.47 bits per heavy atom. The number of hydrogen-bond donors (Lipinski definition) is 4. The average Bonchev–Trinajstić information content (AvgIpc) is 3.37. The molecule has 6 heteroatoms. The van der Waals surface area contributed by atoms with Gasteiger partial charge in [0.2, 0.25) is 5.91 Å². The van der Waals surface area contributed by atoms with E-state index in [9.17, 15) is 9.59 Å². The van der Waals surface area contributed by atoms with Crippen molar-refractivity contribution in [2.75, 3.05) is 7.05 Å². The number of carbonyl (C=O) groups is 2. The van der Waals surface area contributed by atoms with Gasteiger partial charge in [0.15, 0.2) is 5.78 Å². The molecule has 1 aromatic rings. The zero-order chi connectivity index (χ0) is 23.1. The molecule has 1 saturated carbocycles. The summed E-state index contributed by atoms with van der Waals surface area (Å²) in [7, 11) is 1.29. The molecule has 1 fully saturated rings. The molecule has 1 aliphatic heterocycles. The SMILES string of the molecule is CC[C@@H](C(=N)C(=O)[C@@H](NC(=O)[C@H](C)NC)C1CCCCC1)c1cccc([SH]2C=CC=C2)c1. The lowest BCUT2D eigenvalue weighted by Crippen LogP contribution is -2.53. The normalized spacial score (nSPS) is 20.0. The third-order valence-corrected chi connectivity index (χ3v) is 8.59. The van der Waals surface area contributed by atoms with Gasteiger partial charge in [-0.05, 0) is 72.6 Å². The molecule has 3 atom stereocenters. The Bertz CT molecular complexity index is 877. The summed E-state index contributed by atoms with van der Waals surface area (Å²) in [6, 6.07) is 7.33. The molecule has 0 bridgehead atoms. The van der Waals surface area contributed by atoms with Gasteiger partial charge in [-0.1, -0.05) is 50.5 Å². The second-order valence-corrected chi connectivity index (χ2v) is 10.7. The number of amides is 1. The van der Waals surface area contributed by atoms with Gasteiger partial charge in [0.25, 0.3) is 0 Å². The van der Waals surface area contributed by atoms with Crippen molar-refractivity contribution in [3.63, 3.8) is 0 Å². The number of allylic oxidation sites excluding steroid dienone is 2. The van der Waals surface area contributed by atoms with Crippen molar-refractivity contribution in [2.45, 2.75) is 75.3 Å².